The maximum atomic E-state index is 5.80. The third-order valence-corrected chi connectivity index (χ3v) is 3.60. The molecule has 1 N–H and O–H groups in total. The van der Waals surface area contributed by atoms with Crippen molar-refractivity contribution in [3.8, 4) is 11.6 Å². The minimum Gasteiger partial charge on any atom is -0.492 e. The lowest BCUT2D eigenvalue weighted by Gasteiger charge is -2.23. The molecule has 0 aliphatic carbocycles. The largest absolute Gasteiger partial charge is 0.492 e. The van der Waals surface area contributed by atoms with Gasteiger partial charge in [0.1, 0.15) is 11.9 Å². The van der Waals surface area contributed by atoms with Gasteiger partial charge in [0.25, 0.3) is 0 Å². The van der Waals surface area contributed by atoms with Gasteiger partial charge in [-0.05, 0) is 45.6 Å². The van der Waals surface area contributed by atoms with Crippen molar-refractivity contribution in [1.82, 2.24) is 10.3 Å². The lowest BCUT2D eigenvalue weighted by molar-refractivity contribution is 0.194. The van der Waals surface area contributed by atoms with Crippen LogP contribution in [0, 0.1) is 11.8 Å². The maximum absolute atomic E-state index is 5.80. The van der Waals surface area contributed by atoms with Crippen molar-refractivity contribution in [2.75, 3.05) is 13.2 Å². The van der Waals surface area contributed by atoms with Crippen molar-refractivity contribution in [2.24, 2.45) is 11.8 Å². The summed E-state index contributed by atoms with van der Waals surface area (Å²) in [6.45, 7) is 16.6. The van der Waals surface area contributed by atoms with E-state index in [1.807, 2.05) is 19.1 Å². The Hall–Kier alpha value is -1.29. The Kier molecular flexibility index (Phi) is 7.14. The Morgan fingerprint density at radius 2 is 1.82 bits per heavy atom. The molecule has 2 atom stereocenters. The first kappa shape index (κ1) is 18.8. The maximum Gasteiger partial charge on any atom is 0.213 e. The smallest absolute Gasteiger partial charge is 0.213 e. The summed E-state index contributed by atoms with van der Waals surface area (Å²) < 4.78 is 11.6. The summed E-state index contributed by atoms with van der Waals surface area (Å²) in [5, 5.41) is 3.42. The number of nitrogens with one attached hydrogen (secondary N) is 1. The second-order valence-corrected chi connectivity index (χ2v) is 7.42. The van der Waals surface area contributed by atoms with Crippen LogP contribution in [0.15, 0.2) is 18.3 Å². The third kappa shape index (κ3) is 7.64. The molecule has 0 unspecified atom stereocenters. The minimum absolute atomic E-state index is 0.0689. The highest BCUT2D eigenvalue weighted by Crippen LogP contribution is 2.17. The molecular weight excluding hydrogens is 276 g/mol. The highest BCUT2D eigenvalue weighted by Gasteiger charge is 2.12. The van der Waals surface area contributed by atoms with Gasteiger partial charge in [0.05, 0.1) is 12.8 Å². The van der Waals surface area contributed by atoms with Crippen LogP contribution in [-0.4, -0.2) is 29.8 Å². The quantitative estimate of drug-likeness (QED) is 0.791. The van der Waals surface area contributed by atoms with Gasteiger partial charge in [0.15, 0.2) is 0 Å². The van der Waals surface area contributed by atoms with E-state index < -0.39 is 0 Å². The standard InChI is InChI=1S/C18H32N2O2/c1-13(2)14(3)12-21-16-8-9-17(19-11-16)22-15(4)10-20-18(5,6)7/h8-9,11,13-15,20H,10,12H2,1-7H3/t14-,15+/m0/s1. The molecule has 0 fully saturated rings. The van der Waals surface area contributed by atoms with Crippen LogP contribution < -0.4 is 14.8 Å². The fraction of sp³-hybridized carbons (Fsp3) is 0.722. The number of aromatic nitrogens is 1. The Labute approximate surface area is 135 Å². The molecule has 1 aromatic heterocycles. The fourth-order valence-electron chi connectivity index (χ4n) is 1.64. The van der Waals surface area contributed by atoms with E-state index in [2.05, 4.69) is 51.8 Å². The zero-order valence-electron chi connectivity index (χ0n) is 15.1. The number of rotatable bonds is 8. The lowest BCUT2D eigenvalue weighted by atomic mass is 9.99. The molecule has 4 heteroatoms. The molecule has 0 bridgehead atoms. The van der Waals surface area contributed by atoms with Gasteiger partial charge in [0.2, 0.25) is 5.88 Å². The van der Waals surface area contributed by atoms with E-state index in [-0.39, 0.29) is 11.6 Å². The second kappa shape index (κ2) is 8.37. The summed E-state index contributed by atoms with van der Waals surface area (Å²) in [4.78, 5) is 4.31. The monoisotopic (exact) mass is 308 g/mol. The topological polar surface area (TPSA) is 43.4 Å². The molecule has 0 aliphatic rings. The van der Waals surface area contributed by atoms with Crippen LogP contribution in [0.1, 0.15) is 48.5 Å². The normalized spacial score (nSPS) is 14.7. The summed E-state index contributed by atoms with van der Waals surface area (Å²) in [5.74, 6) is 2.57. The van der Waals surface area contributed by atoms with E-state index >= 15 is 0 Å². The van der Waals surface area contributed by atoms with Crippen molar-refractivity contribution >= 4 is 0 Å². The second-order valence-electron chi connectivity index (χ2n) is 7.42. The molecule has 1 rings (SSSR count). The van der Waals surface area contributed by atoms with Crippen LogP contribution in [-0.2, 0) is 0 Å². The number of pyridine rings is 1. The summed E-state index contributed by atoms with van der Waals surface area (Å²) in [7, 11) is 0. The van der Waals surface area contributed by atoms with E-state index in [0.717, 1.165) is 12.3 Å². The molecule has 126 valence electrons. The van der Waals surface area contributed by atoms with E-state index in [1.165, 1.54) is 0 Å². The van der Waals surface area contributed by atoms with Crippen LogP contribution in [0.4, 0.5) is 0 Å². The highest BCUT2D eigenvalue weighted by molar-refractivity contribution is 5.23. The molecule has 0 saturated heterocycles. The number of ether oxygens (including phenoxy) is 2. The average Bonchev–Trinajstić information content (AvgIpc) is 2.43. The molecule has 0 saturated carbocycles. The van der Waals surface area contributed by atoms with E-state index in [1.54, 1.807) is 6.20 Å². The third-order valence-electron chi connectivity index (χ3n) is 3.60. The van der Waals surface area contributed by atoms with Crippen LogP contribution >= 0.6 is 0 Å². The summed E-state index contributed by atoms with van der Waals surface area (Å²) in [5.41, 5.74) is 0.0931. The number of hydrogen-bond acceptors (Lipinski definition) is 4. The predicted octanol–water partition coefficient (Wildman–Crippen LogP) is 3.91. The van der Waals surface area contributed by atoms with Crippen molar-refractivity contribution in [3.05, 3.63) is 18.3 Å². The molecule has 0 amide bonds. The van der Waals surface area contributed by atoms with Gasteiger partial charge in [-0.15, -0.1) is 0 Å². The Morgan fingerprint density at radius 3 is 2.32 bits per heavy atom. The van der Waals surface area contributed by atoms with Crippen LogP contribution in [0.25, 0.3) is 0 Å². The summed E-state index contributed by atoms with van der Waals surface area (Å²) in [6, 6.07) is 3.78. The molecular formula is C18H32N2O2. The van der Waals surface area contributed by atoms with E-state index in [4.69, 9.17) is 9.47 Å². The fourth-order valence-corrected chi connectivity index (χ4v) is 1.64. The highest BCUT2D eigenvalue weighted by atomic mass is 16.5. The molecule has 0 aliphatic heterocycles. The predicted molar refractivity (Wildman–Crippen MR) is 91.6 cm³/mol. The summed E-state index contributed by atoms with van der Waals surface area (Å²) in [6.07, 6.45) is 1.80. The minimum atomic E-state index is 0.0689. The Morgan fingerprint density at radius 1 is 1.14 bits per heavy atom. The lowest BCUT2D eigenvalue weighted by Crippen LogP contribution is -2.41. The number of hydrogen-bond donors (Lipinski definition) is 1. The van der Waals surface area contributed by atoms with Crippen molar-refractivity contribution in [3.63, 3.8) is 0 Å². The Balaban J connectivity index is 2.41. The van der Waals surface area contributed by atoms with Gasteiger partial charge in [0, 0.05) is 18.2 Å². The van der Waals surface area contributed by atoms with Gasteiger partial charge < -0.3 is 14.8 Å². The molecule has 0 aromatic carbocycles. The van der Waals surface area contributed by atoms with Gasteiger partial charge in [-0.2, -0.15) is 0 Å². The van der Waals surface area contributed by atoms with Crippen LogP contribution in [0.2, 0.25) is 0 Å². The molecule has 1 aromatic rings. The summed E-state index contributed by atoms with van der Waals surface area (Å²) >= 11 is 0. The molecule has 1 heterocycles. The first-order valence-electron chi connectivity index (χ1n) is 8.18. The zero-order valence-corrected chi connectivity index (χ0v) is 15.1. The molecule has 0 spiro atoms. The van der Waals surface area contributed by atoms with Crippen LogP contribution in [0.3, 0.4) is 0 Å². The van der Waals surface area contributed by atoms with Gasteiger partial charge in [-0.1, -0.05) is 20.8 Å². The SMILES string of the molecule is CC(C)[C@@H](C)COc1ccc(O[C@H](C)CNC(C)(C)C)nc1. The van der Waals surface area contributed by atoms with Crippen molar-refractivity contribution in [1.29, 1.82) is 0 Å². The zero-order chi connectivity index (χ0) is 16.8. The van der Waals surface area contributed by atoms with Crippen molar-refractivity contribution < 1.29 is 9.47 Å². The van der Waals surface area contributed by atoms with E-state index in [0.29, 0.717) is 24.3 Å². The van der Waals surface area contributed by atoms with Gasteiger partial charge in [-0.25, -0.2) is 4.98 Å². The number of nitrogens with zero attached hydrogens (tertiary/aromatic N) is 1. The van der Waals surface area contributed by atoms with E-state index in [9.17, 15) is 0 Å². The molecule has 4 nitrogen and oxygen atoms in total. The Bertz CT molecular complexity index is 424. The molecule has 22 heavy (non-hydrogen) atoms. The first-order valence-corrected chi connectivity index (χ1v) is 8.18. The average molecular weight is 308 g/mol. The van der Waals surface area contributed by atoms with Gasteiger partial charge >= 0.3 is 0 Å². The van der Waals surface area contributed by atoms with Crippen molar-refractivity contribution in [2.45, 2.75) is 60.1 Å². The molecule has 0 radical (unpaired) electrons. The van der Waals surface area contributed by atoms with Crippen LogP contribution in [0.5, 0.6) is 11.6 Å². The first-order chi connectivity index (χ1) is 10.2. The van der Waals surface area contributed by atoms with Gasteiger partial charge in [-0.3, -0.25) is 0 Å².